The predicted octanol–water partition coefficient (Wildman–Crippen LogP) is 4.20. The van der Waals surface area contributed by atoms with Gasteiger partial charge in [0.2, 0.25) is 0 Å². The van der Waals surface area contributed by atoms with E-state index in [0.29, 0.717) is 5.41 Å². The number of rotatable bonds is 9. The third-order valence-corrected chi connectivity index (χ3v) is 6.08. The molecule has 0 aromatic rings. The van der Waals surface area contributed by atoms with Gasteiger partial charge in [0.05, 0.1) is 0 Å². The minimum absolute atomic E-state index is 0.589. The van der Waals surface area contributed by atoms with E-state index in [0.717, 1.165) is 18.0 Å². The summed E-state index contributed by atoms with van der Waals surface area (Å²) >= 11 is 0. The highest BCUT2D eigenvalue weighted by Gasteiger charge is 2.40. The van der Waals surface area contributed by atoms with Gasteiger partial charge in [-0.3, -0.25) is 4.90 Å². The summed E-state index contributed by atoms with van der Waals surface area (Å²) in [5.74, 6) is 0.962. The van der Waals surface area contributed by atoms with E-state index in [2.05, 4.69) is 24.1 Å². The van der Waals surface area contributed by atoms with Crippen LogP contribution in [0.2, 0.25) is 0 Å². The summed E-state index contributed by atoms with van der Waals surface area (Å²) in [7, 11) is 0. The highest BCUT2D eigenvalue weighted by atomic mass is 15.2. The van der Waals surface area contributed by atoms with Crippen molar-refractivity contribution in [2.45, 2.75) is 90.1 Å². The average Bonchev–Trinajstić information content (AvgIpc) is 3.38. The Morgan fingerprint density at radius 2 is 1.76 bits per heavy atom. The van der Waals surface area contributed by atoms with Crippen LogP contribution >= 0.6 is 0 Å². The zero-order valence-corrected chi connectivity index (χ0v) is 14.4. The van der Waals surface area contributed by atoms with Crippen molar-refractivity contribution in [1.82, 2.24) is 10.2 Å². The Balaban J connectivity index is 1.58. The van der Waals surface area contributed by atoms with Gasteiger partial charge in [-0.05, 0) is 62.8 Å². The molecule has 3 saturated carbocycles. The van der Waals surface area contributed by atoms with Crippen LogP contribution in [0.25, 0.3) is 0 Å². The number of hydrogen-bond donors (Lipinski definition) is 1. The molecule has 0 radical (unpaired) electrons. The van der Waals surface area contributed by atoms with Crippen LogP contribution in [0.4, 0.5) is 0 Å². The van der Waals surface area contributed by atoms with Crippen molar-refractivity contribution in [3.8, 4) is 0 Å². The van der Waals surface area contributed by atoms with Crippen molar-refractivity contribution in [3.05, 3.63) is 0 Å². The monoisotopic (exact) mass is 292 g/mol. The molecule has 0 aromatic carbocycles. The Hall–Kier alpha value is -0.0800. The van der Waals surface area contributed by atoms with Crippen molar-refractivity contribution in [1.29, 1.82) is 0 Å². The van der Waals surface area contributed by atoms with Crippen LogP contribution in [0.5, 0.6) is 0 Å². The lowest BCUT2D eigenvalue weighted by atomic mass is 9.70. The predicted molar refractivity (Wildman–Crippen MR) is 90.6 cm³/mol. The molecule has 0 aromatic heterocycles. The average molecular weight is 293 g/mol. The zero-order valence-electron chi connectivity index (χ0n) is 14.4. The molecule has 0 spiro atoms. The van der Waals surface area contributed by atoms with Gasteiger partial charge in [-0.15, -0.1) is 0 Å². The molecule has 3 aliphatic carbocycles. The number of unbranched alkanes of at least 4 members (excludes halogenated alkanes) is 1. The minimum atomic E-state index is 0.589. The van der Waals surface area contributed by atoms with Gasteiger partial charge in [0.15, 0.2) is 0 Å². The molecule has 3 rings (SSSR count). The van der Waals surface area contributed by atoms with E-state index in [-0.39, 0.29) is 0 Å². The minimum Gasteiger partial charge on any atom is -0.313 e. The van der Waals surface area contributed by atoms with Gasteiger partial charge in [-0.2, -0.15) is 0 Å². The zero-order chi connectivity index (χ0) is 14.7. The summed E-state index contributed by atoms with van der Waals surface area (Å²) < 4.78 is 0. The molecule has 122 valence electrons. The Morgan fingerprint density at radius 1 is 1.05 bits per heavy atom. The lowest BCUT2D eigenvalue weighted by Crippen LogP contribution is -2.47. The molecule has 0 bridgehead atoms. The first-order valence-corrected chi connectivity index (χ1v) is 9.68. The van der Waals surface area contributed by atoms with Gasteiger partial charge < -0.3 is 5.32 Å². The van der Waals surface area contributed by atoms with E-state index < -0.39 is 0 Å². The lowest BCUT2D eigenvalue weighted by molar-refractivity contribution is 0.0808. The summed E-state index contributed by atoms with van der Waals surface area (Å²) in [6, 6.07) is 1.81. The third-order valence-electron chi connectivity index (χ3n) is 6.08. The standard InChI is InChI=1S/C19H36N2/c1-3-4-13-21(18-7-8-18)15-19(14-20-17-5-6-17)11-9-16(2)10-12-19/h16-18,20H,3-15H2,1-2H3. The summed E-state index contributed by atoms with van der Waals surface area (Å²) in [6.07, 6.45) is 14.3. The van der Waals surface area contributed by atoms with E-state index in [1.807, 2.05) is 0 Å². The first kappa shape index (κ1) is 15.8. The molecular weight excluding hydrogens is 256 g/mol. The van der Waals surface area contributed by atoms with E-state index in [1.165, 1.54) is 83.8 Å². The maximum atomic E-state index is 3.88. The van der Waals surface area contributed by atoms with Crippen LogP contribution in [0.3, 0.4) is 0 Å². The van der Waals surface area contributed by atoms with Gasteiger partial charge in [-0.25, -0.2) is 0 Å². The smallest absolute Gasteiger partial charge is 0.00966 e. The lowest BCUT2D eigenvalue weighted by Gasteiger charge is -2.43. The fourth-order valence-electron chi connectivity index (χ4n) is 4.04. The first-order chi connectivity index (χ1) is 10.2. The van der Waals surface area contributed by atoms with Crippen LogP contribution in [0.1, 0.15) is 78.1 Å². The maximum Gasteiger partial charge on any atom is 0.00966 e. The molecule has 0 aliphatic heterocycles. The van der Waals surface area contributed by atoms with Gasteiger partial charge >= 0.3 is 0 Å². The molecule has 0 heterocycles. The molecule has 0 unspecified atom stereocenters. The van der Waals surface area contributed by atoms with Crippen LogP contribution in [-0.2, 0) is 0 Å². The molecule has 21 heavy (non-hydrogen) atoms. The number of nitrogens with one attached hydrogen (secondary N) is 1. The molecule has 3 aliphatic rings. The van der Waals surface area contributed by atoms with Crippen LogP contribution < -0.4 is 5.32 Å². The van der Waals surface area contributed by atoms with Gasteiger partial charge in [-0.1, -0.05) is 33.1 Å². The van der Waals surface area contributed by atoms with E-state index in [1.54, 1.807) is 0 Å². The highest BCUT2D eigenvalue weighted by Crippen LogP contribution is 2.41. The molecule has 2 heteroatoms. The van der Waals surface area contributed by atoms with Crippen molar-refractivity contribution in [3.63, 3.8) is 0 Å². The Kier molecular flexibility index (Phi) is 5.27. The highest BCUT2D eigenvalue weighted by molar-refractivity contribution is 4.95. The fourth-order valence-corrected chi connectivity index (χ4v) is 4.04. The third kappa shape index (κ3) is 4.69. The Bertz CT molecular complexity index is 312. The molecule has 0 saturated heterocycles. The van der Waals surface area contributed by atoms with Gasteiger partial charge in [0.25, 0.3) is 0 Å². The quantitative estimate of drug-likeness (QED) is 0.685. The summed E-state index contributed by atoms with van der Waals surface area (Å²) in [4.78, 5) is 2.87. The number of nitrogens with zero attached hydrogens (tertiary/aromatic N) is 1. The molecule has 1 N–H and O–H groups in total. The molecule has 0 amide bonds. The topological polar surface area (TPSA) is 15.3 Å². The van der Waals surface area contributed by atoms with E-state index in [9.17, 15) is 0 Å². The molecule has 2 nitrogen and oxygen atoms in total. The van der Waals surface area contributed by atoms with Crippen molar-refractivity contribution in [2.75, 3.05) is 19.6 Å². The van der Waals surface area contributed by atoms with Crippen molar-refractivity contribution >= 4 is 0 Å². The van der Waals surface area contributed by atoms with E-state index >= 15 is 0 Å². The second-order valence-electron chi connectivity index (χ2n) is 8.39. The van der Waals surface area contributed by atoms with Crippen LogP contribution in [-0.4, -0.2) is 36.6 Å². The Morgan fingerprint density at radius 3 is 2.33 bits per heavy atom. The van der Waals surface area contributed by atoms with E-state index in [4.69, 9.17) is 0 Å². The number of hydrogen-bond acceptors (Lipinski definition) is 2. The van der Waals surface area contributed by atoms with Gasteiger partial charge in [0.1, 0.15) is 0 Å². The summed E-state index contributed by atoms with van der Waals surface area (Å²) in [5, 5.41) is 3.88. The van der Waals surface area contributed by atoms with Crippen molar-refractivity contribution < 1.29 is 0 Å². The van der Waals surface area contributed by atoms with Crippen molar-refractivity contribution in [2.24, 2.45) is 11.3 Å². The normalized spacial score (nSPS) is 33.6. The van der Waals surface area contributed by atoms with Gasteiger partial charge in [0, 0.05) is 25.2 Å². The fraction of sp³-hybridized carbons (Fsp3) is 1.00. The van der Waals surface area contributed by atoms with Crippen LogP contribution in [0, 0.1) is 11.3 Å². The SMILES string of the molecule is CCCCN(CC1(CNC2CC2)CCC(C)CC1)C1CC1. The molecule has 3 fully saturated rings. The second kappa shape index (κ2) is 7.00. The largest absolute Gasteiger partial charge is 0.313 e. The van der Waals surface area contributed by atoms with Crippen LogP contribution in [0.15, 0.2) is 0 Å². The second-order valence-corrected chi connectivity index (χ2v) is 8.39. The summed E-state index contributed by atoms with van der Waals surface area (Å²) in [6.45, 7) is 8.80. The molecule has 0 atom stereocenters. The maximum absolute atomic E-state index is 3.88. The first-order valence-electron chi connectivity index (χ1n) is 9.68. The Labute approximate surface area is 132 Å². The summed E-state index contributed by atoms with van der Waals surface area (Å²) in [5.41, 5.74) is 0.589. The molecular formula is C19H36N2.